The third-order valence-electron chi connectivity index (χ3n) is 5.82. The summed E-state index contributed by atoms with van der Waals surface area (Å²) < 4.78 is 4.62. The SMILES string of the molecule is CCOC(=O)[C@@H]1[C@H]2C(=O)N(CCO)C(C(=O)NC(C)C)C23S[C@@H]1CC3C. The second kappa shape index (κ2) is 7.03. The predicted molar refractivity (Wildman–Crippen MR) is 97.4 cm³/mol. The molecule has 0 saturated carbocycles. The largest absolute Gasteiger partial charge is 0.466 e. The Hall–Kier alpha value is -1.28. The predicted octanol–water partition coefficient (Wildman–Crippen LogP) is 0.404. The Morgan fingerprint density at radius 1 is 1.46 bits per heavy atom. The topological polar surface area (TPSA) is 95.9 Å². The molecule has 1 spiro atoms. The van der Waals surface area contributed by atoms with E-state index in [0.29, 0.717) is 0 Å². The second-order valence-electron chi connectivity index (χ2n) is 7.72. The zero-order valence-corrected chi connectivity index (χ0v) is 16.5. The van der Waals surface area contributed by atoms with E-state index in [9.17, 15) is 19.5 Å². The molecule has 0 aromatic rings. The van der Waals surface area contributed by atoms with Crippen LogP contribution in [0.1, 0.15) is 34.1 Å². The van der Waals surface area contributed by atoms with E-state index in [-0.39, 0.29) is 54.8 Å². The van der Waals surface area contributed by atoms with E-state index in [4.69, 9.17) is 4.74 Å². The Labute approximate surface area is 158 Å². The third kappa shape index (κ3) is 2.64. The fourth-order valence-electron chi connectivity index (χ4n) is 5.04. The first-order chi connectivity index (χ1) is 12.3. The number of hydrogen-bond donors (Lipinski definition) is 2. The lowest BCUT2D eigenvalue weighted by molar-refractivity contribution is -0.154. The lowest BCUT2D eigenvalue weighted by atomic mass is 9.66. The van der Waals surface area contributed by atoms with Crippen LogP contribution >= 0.6 is 11.8 Å². The van der Waals surface area contributed by atoms with Gasteiger partial charge in [-0.05, 0) is 33.1 Å². The summed E-state index contributed by atoms with van der Waals surface area (Å²) in [5.41, 5.74) is 0. The van der Waals surface area contributed by atoms with Crippen molar-refractivity contribution < 1.29 is 24.2 Å². The average molecular weight is 384 g/mol. The summed E-state index contributed by atoms with van der Waals surface area (Å²) in [5.74, 6) is -1.69. The number of rotatable bonds is 6. The minimum Gasteiger partial charge on any atom is -0.466 e. The second-order valence-corrected chi connectivity index (χ2v) is 9.27. The maximum absolute atomic E-state index is 13.2. The third-order valence-corrected chi connectivity index (χ3v) is 7.90. The minimum absolute atomic E-state index is 0.00336. The number of amides is 2. The Bertz CT molecular complexity index is 612. The van der Waals surface area contributed by atoms with Crippen LogP contribution in [0.3, 0.4) is 0 Å². The number of fused-ring (bicyclic) bond motifs is 1. The monoisotopic (exact) mass is 384 g/mol. The van der Waals surface area contributed by atoms with E-state index in [0.717, 1.165) is 6.42 Å². The van der Waals surface area contributed by atoms with Crippen LogP contribution in [0.15, 0.2) is 0 Å². The number of carbonyl (C=O) groups is 3. The molecule has 3 fully saturated rings. The van der Waals surface area contributed by atoms with Gasteiger partial charge in [0.05, 0.1) is 29.8 Å². The molecule has 3 aliphatic rings. The highest BCUT2D eigenvalue weighted by atomic mass is 32.2. The summed E-state index contributed by atoms with van der Waals surface area (Å²) in [7, 11) is 0. The fourth-order valence-corrected chi connectivity index (χ4v) is 7.45. The normalized spacial score (nSPS) is 38.0. The molecule has 3 rings (SSSR count). The Morgan fingerprint density at radius 3 is 2.73 bits per heavy atom. The van der Waals surface area contributed by atoms with Crippen molar-refractivity contribution in [1.29, 1.82) is 0 Å². The number of esters is 1. The molecule has 3 saturated heterocycles. The molecular formula is C18H28N2O5S. The highest BCUT2D eigenvalue weighted by Gasteiger charge is 2.76. The minimum atomic E-state index is -0.668. The molecule has 26 heavy (non-hydrogen) atoms. The quantitative estimate of drug-likeness (QED) is 0.644. The van der Waals surface area contributed by atoms with E-state index in [1.165, 1.54) is 4.90 Å². The molecule has 0 radical (unpaired) electrons. The van der Waals surface area contributed by atoms with Crippen LogP contribution in [0, 0.1) is 17.8 Å². The maximum Gasteiger partial charge on any atom is 0.310 e. The van der Waals surface area contributed by atoms with E-state index >= 15 is 0 Å². The van der Waals surface area contributed by atoms with Crippen LogP contribution < -0.4 is 5.32 Å². The van der Waals surface area contributed by atoms with Crippen molar-refractivity contribution in [1.82, 2.24) is 10.2 Å². The summed E-state index contributed by atoms with van der Waals surface area (Å²) in [6.07, 6.45) is 0.788. The molecule has 6 atom stereocenters. The number of nitrogens with one attached hydrogen (secondary N) is 1. The van der Waals surface area contributed by atoms with Gasteiger partial charge in [-0.1, -0.05) is 6.92 Å². The Morgan fingerprint density at radius 2 is 2.15 bits per heavy atom. The number of nitrogens with zero attached hydrogens (tertiary/aromatic N) is 1. The molecule has 7 nitrogen and oxygen atoms in total. The summed E-state index contributed by atoms with van der Waals surface area (Å²) >= 11 is 1.61. The van der Waals surface area contributed by atoms with E-state index < -0.39 is 22.6 Å². The van der Waals surface area contributed by atoms with Gasteiger partial charge < -0.3 is 20.1 Å². The lowest BCUT2D eigenvalue weighted by Crippen LogP contribution is -2.57. The van der Waals surface area contributed by atoms with Crippen LogP contribution in [0.25, 0.3) is 0 Å². The summed E-state index contributed by atoms with van der Waals surface area (Å²) in [5, 5.41) is 12.4. The molecule has 146 valence electrons. The number of aliphatic hydroxyl groups excluding tert-OH is 1. The lowest BCUT2D eigenvalue weighted by Gasteiger charge is -2.38. The van der Waals surface area contributed by atoms with Crippen molar-refractivity contribution in [2.45, 2.75) is 56.2 Å². The van der Waals surface area contributed by atoms with Crippen LogP contribution in [0.5, 0.6) is 0 Å². The number of ether oxygens (including phenoxy) is 1. The number of β-amino-alcohol motifs (C(OH)–C–C–N with tert-alkyl or cyclic N) is 1. The first kappa shape index (κ1) is 19.5. The van der Waals surface area contributed by atoms with E-state index in [2.05, 4.69) is 12.2 Å². The van der Waals surface area contributed by atoms with Gasteiger partial charge in [0, 0.05) is 17.8 Å². The van der Waals surface area contributed by atoms with Gasteiger partial charge in [0.2, 0.25) is 11.8 Å². The number of aliphatic hydroxyl groups is 1. The van der Waals surface area contributed by atoms with Gasteiger partial charge in [0.25, 0.3) is 0 Å². The van der Waals surface area contributed by atoms with Crippen molar-refractivity contribution >= 4 is 29.5 Å². The molecule has 2 bridgehead atoms. The Kier molecular flexibility index (Phi) is 5.27. The molecular weight excluding hydrogens is 356 g/mol. The smallest absolute Gasteiger partial charge is 0.310 e. The van der Waals surface area contributed by atoms with Crippen LogP contribution in [0.4, 0.5) is 0 Å². The number of likely N-dealkylation sites (tertiary alicyclic amines) is 1. The average Bonchev–Trinajstić information content (AvgIpc) is 3.12. The van der Waals surface area contributed by atoms with Gasteiger partial charge in [-0.3, -0.25) is 14.4 Å². The standard InChI is InChI=1S/C18H28N2O5S/c1-5-25-17(24)12-11-8-10(4)18(26-11)13(12)16(23)20(6-7-21)14(18)15(22)19-9(2)3/h9-14,21H,5-8H2,1-4H3,(H,19,22)/t10?,11-,12+,13+,14?,18?/m1/s1. The first-order valence-electron chi connectivity index (χ1n) is 9.35. The molecule has 2 amide bonds. The van der Waals surface area contributed by atoms with E-state index in [1.807, 2.05) is 13.8 Å². The Balaban J connectivity index is 2.03. The number of thioether (sulfide) groups is 1. The van der Waals surface area contributed by atoms with Crippen molar-refractivity contribution in [2.24, 2.45) is 17.8 Å². The number of carbonyl (C=O) groups excluding carboxylic acids is 3. The van der Waals surface area contributed by atoms with Crippen molar-refractivity contribution in [2.75, 3.05) is 19.8 Å². The van der Waals surface area contributed by atoms with Gasteiger partial charge in [-0.15, -0.1) is 11.8 Å². The molecule has 8 heteroatoms. The van der Waals surface area contributed by atoms with Crippen molar-refractivity contribution in [3.8, 4) is 0 Å². The van der Waals surface area contributed by atoms with Gasteiger partial charge in [-0.25, -0.2) is 0 Å². The van der Waals surface area contributed by atoms with Crippen LogP contribution in [0.2, 0.25) is 0 Å². The highest BCUT2D eigenvalue weighted by Crippen LogP contribution is 2.68. The van der Waals surface area contributed by atoms with Gasteiger partial charge in [-0.2, -0.15) is 0 Å². The van der Waals surface area contributed by atoms with Gasteiger partial charge in [0.15, 0.2) is 0 Å². The molecule has 2 N–H and O–H groups in total. The summed E-state index contributed by atoms with van der Waals surface area (Å²) in [6.45, 7) is 7.73. The van der Waals surface area contributed by atoms with Crippen LogP contribution in [-0.4, -0.2) is 69.6 Å². The van der Waals surface area contributed by atoms with Crippen molar-refractivity contribution in [3.05, 3.63) is 0 Å². The molecule has 0 aromatic carbocycles. The zero-order chi connectivity index (χ0) is 19.2. The molecule has 0 aromatic heterocycles. The van der Waals surface area contributed by atoms with Gasteiger partial charge >= 0.3 is 5.97 Å². The summed E-state index contributed by atoms with van der Waals surface area (Å²) in [6, 6.07) is -0.720. The van der Waals surface area contributed by atoms with E-state index in [1.54, 1.807) is 18.7 Å². The van der Waals surface area contributed by atoms with Crippen LogP contribution in [-0.2, 0) is 19.1 Å². The van der Waals surface area contributed by atoms with Crippen molar-refractivity contribution in [3.63, 3.8) is 0 Å². The zero-order valence-electron chi connectivity index (χ0n) is 15.7. The molecule has 3 aliphatic heterocycles. The number of hydrogen-bond acceptors (Lipinski definition) is 6. The van der Waals surface area contributed by atoms with Gasteiger partial charge in [0.1, 0.15) is 6.04 Å². The highest BCUT2D eigenvalue weighted by molar-refractivity contribution is 8.02. The molecule has 3 unspecified atom stereocenters. The first-order valence-corrected chi connectivity index (χ1v) is 10.2. The molecule has 3 heterocycles. The maximum atomic E-state index is 13.2. The fraction of sp³-hybridized carbons (Fsp3) is 0.833. The summed E-state index contributed by atoms with van der Waals surface area (Å²) in [4.78, 5) is 40.4. The molecule has 0 aliphatic carbocycles.